The highest BCUT2D eigenvalue weighted by Gasteiger charge is 2.01. The highest BCUT2D eigenvalue weighted by atomic mass is 16.4. The van der Waals surface area contributed by atoms with E-state index >= 15 is 0 Å². The van der Waals surface area contributed by atoms with Crippen molar-refractivity contribution in [3.8, 4) is 0 Å². The van der Waals surface area contributed by atoms with Crippen LogP contribution in [0.1, 0.15) is 6.42 Å². The monoisotopic (exact) mass is 139 g/mol. The fourth-order valence-corrected chi connectivity index (χ4v) is 0.798. The van der Waals surface area contributed by atoms with E-state index in [1.54, 1.807) is 12.3 Å². The molecule has 0 saturated carbocycles. The Morgan fingerprint density at radius 2 is 2.60 bits per heavy atom. The van der Waals surface area contributed by atoms with Gasteiger partial charge in [0.1, 0.15) is 0 Å². The van der Waals surface area contributed by atoms with Gasteiger partial charge in [0, 0.05) is 6.54 Å². The van der Waals surface area contributed by atoms with E-state index in [-0.39, 0.29) is 6.42 Å². The van der Waals surface area contributed by atoms with Crippen LogP contribution in [0, 0.1) is 0 Å². The predicted octanol–water partition coefficient (Wildman–Crippen LogP) is 0.504. The van der Waals surface area contributed by atoms with Gasteiger partial charge in [0.2, 0.25) is 0 Å². The van der Waals surface area contributed by atoms with Crippen molar-refractivity contribution in [1.29, 1.82) is 0 Å². The van der Waals surface area contributed by atoms with Crippen LogP contribution in [-0.2, 0) is 4.79 Å². The van der Waals surface area contributed by atoms with Gasteiger partial charge in [-0.05, 0) is 17.8 Å². The van der Waals surface area contributed by atoms with Crippen molar-refractivity contribution in [1.82, 2.24) is 5.32 Å². The lowest BCUT2D eigenvalue weighted by Crippen LogP contribution is -2.10. The normalized spacial score (nSPS) is 15.8. The number of carboxylic acids is 1. The molecule has 3 nitrogen and oxygen atoms in total. The van der Waals surface area contributed by atoms with Crippen molar-refractivity contribution in [2.75, 3.05) is 6.54 Å². The third-order valence-electron chi connectivity index (χ3n) is 1.25. The summed E-state index contributed by atoms with van der Waals surface area (Å²) in [5.41, 5.74) is 0.867. The van der Waals surface area contributed by atoms with Crippen molar-refractivity contribution >= 4 is 5.97 Å². The van der Waals surface area contributed by atoms with Crippen LogP contribution >= 0.6 is 0 Å². The van der Waals surface area contributed by atoms with Gasteiger partial charge in [0.15, 0.2) is 0 Å². The van der Waals surface area contributed by atoms with Crippen LogP contribution in [0.25, 0.3) is 0 Å². The van der Waals surface area contributed by atoms with Gasteiger partial charge in [0.25, 0.3) is 0 Å². The molecule has 0 fully saturated rings. The summed E-state index contributed by atoms with van der Waals surface area (Å²) >= 11 is 0. The van der Waals surface area contributed by atoms with E-state index in [2.05, 4.69) is 5.32 Å². The Labute approximate surface area is 59.0 Å². The maximum atomic E-state index is 10.2. The summed E-state index contributed by atoms with van der Waals surface area (Å²) in [6, 6.07) is 0. The number of aliphatic carboxylic acids is 1. The van der Waals surface area contributed by atoms with Gasteiger partial charge in [-0.25, -0.2) is 0 Å². The second-order valence-electron chi connectivity index (χ2n) is 2.09. The molecule has 0 aliphatic carbocycles. The van der Waals surface area contributed by atoms with E-state index in [4.69, 9.17) is 5.11 Å². The third kappa shape index (κ3) is 1.93. The molecule has 1 aliphatic heterocycles. The summed E-state index contributed by atoms with van der Waals surface area (Å²) in [5.74, 6) is -0.780. The molecule has 0 aromatic heterocycles. The van der Waals surface area contributed by atoms with E-state index in [9.17, 15) is 4.79 Å². The molecule has 3 heteroatoms. The molecular formula is C7H9NO2. The number of hydrogen-bond donors (Lipinski definition) is 2. The maximum absolute atomic E-state index is 10.2. The van der Waals surface area contributed by atoms with E-state index in [0.717, 1.165) is 12.1 Å². The second kappa shape index (κ2) is 3.06. The maximum Gasteiger partial charge on any atom is 0.307 e. The van der Waals surface area contributed by atoms with Crippen LogP contribution in [-0.4, -0.2) is 17.6 Å². The first kappa shape index (κ1) is 6.86. The van der Waals surface area contributed by atoms with E-state index < -0.39 is 5.97 Å². The lowest BCUT2D eigenvalue weighted by atomic mass is 10.1. The minimum Gasteiger partial charge on any atom is -0.481 e. The number of rotatable bonds is 2. The van der Waals surface area contributed by atoms with Crippen LogP contribution in [0.2, 0.25) is 0 Å². The Morgan fingerprint density at radius 1 is 1.80 bits per heavy atom. The molecule has 0 bridgehead atoms. The molecular weight excluding hydrogens is 130 g/mol. The fourth-order valence-electron chi connectivity index (χ4n) is 0.798. The van der Waals surface area contributed by atoms with Gasteiger partial charge >= 0.3 is 5.97 Å². The van der Waals surface area contributed by atoms with Gasteiger partial charge in [-0.1, -0.05) is 6.08 Å². The number of allylic oxidation sites excluding steroid dienone is 1. The van der Waals surface area contributed by atoms with E-state index in [1.165, 1.54) is 0 Å². The average molecular weight is 139 g/mol. The minimum absolute atomic E-state index is 0.123. The Morgan fingerprint density at radius 3 is 3.10 bits per heavy atom. The standard InChI is InChI=1S/C7H9NO2/c9-7(10)5-6-1-3-8-4-2-6/h1-3,8H,4-5H2,(H,9,10). The fraction of sp³-hybridized carbons (Fsp3) is 0.286. The zero-order valence-electron chi connectivity index (χ0n) is 5.50. The Hall–Kier alpha value is -1.25. The Balaban J connectivity index is 2.48. The summed E-state index contributed by atoms with van der Waals surface area (Å²) < 4.78 is 0. The molecule has 1 aliphatic rings. The summed E-state index contributed by atoms with van der Waals surface area (Å²) in [6.45, 7) is 0.735. The molecule has 0 aromatic carbocycles. The van der Waals surface area contributed by atoms with Gasteiger partial charge in [-0.3, -0.25) is 4.79 Å². The molecule has 0 saturated heterocycles. The lowest BCUT2D eigenvalue weighted by molar-refractivity contribution is -0.136. The third-order valence-corrected chi connectivity index (χ3v) is 1.25. The van der Waals surface area contributed by atoms with Gasteiger partial charge < -0.3 is 10.4 Å². The number of hydrogen-bond acceptors (Lipinski definition) is 2. The highest BCUT2D eigenvalue weighted by molar-refractivity contribution is 5.71. The van der Waals surface area contributed by atoms with Crippen LogP contribution in [0.15, 0.2) is 23.9 Å². The SMILES string of the molecule is O=C(O)CC1=CCNC=C1. The smallest absolute Gasteiger partial charge is 0.307 e. The number of dihydropyridines is 1. The van der Waals surface area contributed by atoms with Crippen LogP contribution in [0.5, 0.6) is 0 Å². The summed E-state index contributed by atoms with van der Waals surface area (Å²) in [5, 5.41) is 11.3. The van der Waals surface area contributed by atoms with Gasteiger partial charge in [-0.2, -0.15) is 0 Å². The average Bonchev–Trinajstić information content (AvgIpc) is 1.88. The molecule has 0 aromatic rings. The Bertz CT molecular complexity index is 194. The zero-order chi connectivity index (χ0) is 7.40. The Kier molecular flexibility index (Phi) is 2.10. The summed E-state index contributed by atoms with van der Waals surface area (Å²) in [6.07, 6.45) is 5.53. The summed E-state index contributed by atoms with van der Waals surface area (Å²) in [4.78, 5) is 10.2. The lowest BCUT2D eigenvalue weighted by Gasteiger charge is -2.04. The van der Waals surface area contributed by atoms with Crippen LogP contribution in [0.4, 0.5) is 0 Å². The first-order valence-electron chi connectivity index (χ1n) is 3.10. The van der Waals surface area contributed by atoms with Crippen molar-refractivity contribution in [3.05, 3.63) is 23.9 Å². The van der Waals surface area contributed by atoms with Crippen LogP contribution in [0.3, 0.4) is 0 Å². The van der Waals surface area contributed by atoms with E-state index in [1.807, 2.05) is 6.08 Å². The molecule has 0 spiro atoms. The molecule has 0 unspecified atom stereocenters. The van der Waals surface area contributed by atoms with Crippen molar-refractivity contribution in [3.63, 3.8) is 0 Å². The molecule has 1 rings (SSSR count). The van der Waals surface area contributed by atoms with Crippen LogP contribution < -0.4 is 5.32 Å². The van der Waals surface area contributed by atoms with E-state index in [0.29, 0.717) is 0 Å². The molecule has 54 valence electrons. The highest BCUT2D eigenvalue weighted by Crippen LogP contribution is 2.04. The second-order valence-corrected chi connectivity index (χ2v) is 2.09. The van der Waals surface area contributed by atoms with Crippen molar-refractivity contribution in [2.24, 2.45) is 0 Å². The summed E-state index contributed by atoms with van der Waals surface area (Å²) in [7, 11) is 0. The first-order valence-corrected chi connectivity index (χ1v) is 3.10. The quantitative estimate of drug-likeness (QED) is 0.585. The molecule has 0 atom stereocenters. The van der Waals surface area contributed by atoms with Crippen molar-refractivity contribution in [2.45, 2.75) is 6.42 Å². The van der Waals surface area contributed by atoms with Crippen molar-refractivity contribution < 1.29 is 9.90 Å². The minimum atomic E-state index is -0.780. The molecule has 0 radical (unpaired) electrons. The molecule has 2 N–H and O–H groups in total. The zero-order valence-corrected chi connectivity index (χ0v) is 5.50. The first-order chi connectivity index (χ1) is 4.79. The largest absolute Gasteiger partial charge is 0.481 e. The molecule has 0 amide bonds. The predicted molar refractivity (Wildman–Crippen MR) is 37.5 cm³/mol. The number of carboxylic acid groups (broad SMARTS) is 1. The number of carbonyl (C=O) groups is 1. The van der Waals surface area contributed by atoms with Gasteiger partial charge in [-0.15, -0.1) is 0 Å². The molecule has 10 heavy (non-hydrogen) atoms. The number of nitrogens with one attached hydrogen (secondary N) is 1. The van der Waals surface area contributed by atoms with Gasteiger partial charge in [0.05, 0.1) is 6.42 Å². The topological polar surface area (TPSA) is 49.3 Å². The molecule has 1 heterocycles.